The summed E-state index contributed by atoms with van der Waals surface area (Å²) in [5.74, 6) is -1.09. The van der Waals surface area contributed by atoms with Gasteiger partial charge in [0, 0.05) is 12.1 Å². The molecule has 0 radical (unpaired) electrons. The van der Waals surface area contributed by atoms with Crippen LogP contribution in [0.15, 0.2) is 36.4 Å². The number of nitrogen functional groups attached to an aromatic ring is 1. The van der Waals surface area contributed by atoms with E-state index in [1.807, 2.05) is 19.1 Å². The van der Waals surface area contributed by atoms with E-state index in [2.05, 4.69) is 0 Å². The second-order valence-electron chi connectivity index (χ2n) is 3.71. The second kappa shape index (κ2) is 4.41. The average molecular weight is 235 g/mol. The van der Waals surface area contributed by atoms with Gasteiger partial charge in [0.05, 0.1) is 0 Å². The summed E-state index contributed by atoms with van der Waals surface area (Å²) in [6.45, 7) is 1.93. The number of benzene rings is 2. The largest absolute Gasteiger partial charge is 0.455 e. The van der Waals surface area contributed by atoms with E-state index < -0.39 is 11.6 Å². The van der Waals surface area contributed by atoms with Crippen LogP contribution in [0.1, 0.15) is 5.56 Å². The Labute approximate surface area is 97.6 Å². The number of anilines is 1. The third-order valence-corrected chi connectivity index (χ3v) is 2.31. The Kier molecular flexibility index (Phi) is 2.95. The van der Waals surface area contributed by atoms with Gasteiger partial charge in [-0.25, -0.2) is 8.78 Å². The summed E-state index contributed by atoms with van der Waals surface area (Å²) >= 11 is 0. The molecule has 4 heteroatoms. The van der Waals surface area contributed by atoms with Crippen LogP contribution in [0.4, 0.5) is 14.5 Å². The molecule has 2 rings (SSSR count). The highest BCUT2D eigenvalue weighted by Crippen LogP contribution is 2.30. The molecule has 2 aromatic carbocycles. The molecular formula is C13H11F2NO. The van der Waals surface area contributed by atoms with Crippen LogP contribution >= 0.6 is 0 Å². The maximum Gasteiger partial charge on any atom is 0.156 e. The normalized spacial score (nSPS) is 10.3. The minimum atomic E-state index is -0.827. The van der Waals surface area contributed by atoms with E-state index in [0.29, 0.717) is 5.75 Å². The number of rotatable bonds is 2. The summed E-state index contributed by atoms with van der Waals surface area (Å²) in [5.41, 5.74) is 6.33. The Hall–Kier alpha value is -2.10. The highest BCUT2D eigenvalue weighted by atomic mass is 19.1. The monoisotopic (exact) mass is 235 g/mol. The van der Waals surface area contributed by atoms with E-state index in [9.17, 15) is 8.78 Å². The van der Waals surface area contributed by atoms with Gasteiger partial charge in [-0.1, -0.05) is 17.7 Å². The van der Waals surface area contributed by atoms with Crippen LogP contribution in [0.2, 0.25) is 0 Å². The summed E-state index contributed by atoms with van der Waals surface area (Å²) in [4.78, 5) is 0. The van der Waals surface area contributed by atoms with Crippen LogP contribution in [-0.2, 0) is 0 Å². The molecule has 2 nitrogen and oxygen atoms in total. The smallest absolute Gasteiger partial charge is 0.156 e. The summed E-state index contributed by atoms with van der Waals surface area (Å²) in [7, 11) is 0. The van der Waals surface area contributed by atoms with Crippen molar-refractivity contribution in [2.75, 3.05) is 5.73 Å². The lowest BCUT2D eigenvalue weighted by molar-refractivity contribution is 0.472. The van der Waals surface area contributed by atoms with Gasteiger partial charge < -0.3 is 10.5 Å². The number of hydrogen-bond donors (Lipinski definition) is 1. The van der Waals surface area contributed by atoms with Crippen LogP contribution in [-0.4, -0.2) is 0 Å². The maximum atomic E-state index is 13.2. The number of hydrogen-bond acceptors (Lipinski definition) is 2. The van der Waals surface area contributed by atoms with E-state index >= 15 is 0 Å². The topological polar surface area (TPSA) is 35.2 Å². The van der Waals surface area contributed by atoms with Gasteiger partial charge in [0.25, 0.3) is 0 Å². The van der Waals surface area contributed by atoms with Gasteiger partial charge >= 0.3 is 0 Å². The van der Waals surface area contributed by atoms with Gasteiger partial charge in [0.1, 0.15) is 17.3 Å². The minimum absolute atomic E-state index is 0.0219. The molecular weight excluding hydrogens is 224 g/mol. The second-order valence-corrected chi connectivity index (χ2v) is 3.71. The van der Waals surface area contributed by atoms with Gasteiger partial charge in [-0.2, -0.15) is 0 Å². The zero-order valence-electron chi connectivity index (χ0n) is 9.21. The van der Waals surface area contributed by atoms with Gasteiger partial charge in [0.2, 0.25) is 0 Å². The molecule has 0 aliphatic carbocycles. The van der Waals surface area contributed by atoms with E-state index in [0.717, 1.165) is 17.7 Å². The third kappa shape index (κ3) is 2.53. The van der Waals surface area contributed by atoms with Gasteiger partial charge in [-0.15, -0.1) is 0 Å². The van der Waals surface area contributed by atoms with Gasteiger partial charge in [0.15, 0.2) is 11.6 Å². The molecule has 0 aliphatic rings. The van der Waals surface area contributed by atoms with Crippen molar-refractivity contribution < 1.29 is 13.5 Å². The maximum absolute atomic E-state index is 13.2. The van der Waals surface area contributed by atoms with Crippen LogP contribution in [0.25, 0.3) is 0 Å². The Morgan fingerprint density at radius 2 is 1.71 bits per heavy atom. The summed E-state index contributed by atoms with van der Waals surface area (Å²) < 4.78 is 31.5. The molecule has 0 aromatic heterocycles. The number of aryl methyl sites for hydroxylation is 1. The lowest BCUT2D eigenvalue weighted by Gasteiger charge is -2.09. The van der Waals surface area contributed by atoms with Crippen LogP contribution < -0.4 is 10.5 Å². The molecule has 0 spiro atoms. The predicted molar refractivity (Wildman–Crippen MR) is 62.0 cm³/mol. The molecule has 88 valence electrons. The number of nitrogens with two attached hydrogens (primary N) is 1. The fourth-order valence-corrected chi connectivity index (χ4v) is 1.38. The van der Waals surface area contributed by atoms with Gasteiger partial charge in [-0.3, -0.25) is 0 Å². The molecule has 0 unspecified atom stereocenters. The van der Waals surface area contributed by atoms with Crippen molar-refractivity contribution in [3.05, 3.63) is 53.6 Å². The minimum Gasteiger partial charge on any atom is -0.455 e. The molecule has 2 N–H and O–H groups in total. The summed E-state index contributed by atoms with van der Waals surface area (Å²) in [5, 5.41) is 0. The zero-order valence-corrected chi connectivity index (χ0v) is 9.21. The molecule has 0 fully saturated rings. The third-order valence-electron chi connectivity index (χ3n) is 2.31. The van der Waals surface area contributed by atoms with Crippen molar-refractivity contribution in [2.24, 2.45) is 0 Å². The molecule has 0 saturated heterocycles. The molecule has 0 bridgehead atoms. The van der Waals surface area contributed by atoms with E-state index in [4.69, 9.17) is 10.5 Å². The zero-order chi connectivity index (χ0) is 12.4. The average Bonchev–Trinajstić information content (AvgIpc) is 2.28. The van der Waals surface area contributed by atoms with E-state index in [-0.39, 0.29) is 11.4 Å². The molecule has 0 saturated carbocycles. The first-order valence-corrected chi connectivity index (χ1v) is 5.05. The molecule has 0 aliphatic heterocycles. The Morgan fingerprint density at radius 3 is 2.35 bits per heavy atom. The van der Waals surface area contributed by atoms with Crippen molar-refractivity contribution in [3.63, 3.8) is 0 Å². The summed E-state index contributed by atoms with van der Waals surface area (Å²) in [6.07, 6.45) is 0. The first-order chi connectivity index (χ1) is 8.06. The Balaban J connectivity index is 2.32. The fraction of sp³-hybridized carbons (Fsp3) is 0.0769. The number of halogens is 2. The van der Waals surface area contributed by atoms with Crippen molar-refractivity contribution in [3.8, 4) is 11.5 Å². The quantitative estimate of drug-likeness (QED) is 0.806. The molecule has 17 heavy (non-hydrogen) atoms. The van der Waals surface area contributed by atoms with Crippen LogP contribution in [0, 0.1) is 18.6 Å². The standard InChI is InChI=1S/C13H11F2NO/c1-8-2-4-10(5-3-8)17-12-7-9(14)6-11(15)13(12)16/h2-7H,16H2,1H3. The highest BCUT2D eigenvalue weighted by molar-refractivity contribution is 5.55. The van der Waals surface area contributed by atoms with Crippen molar-refractivity contribution in [2.45, 2.75) is 6.92 Å². The SMILES string of the molecule is Cc1ccc(Oc2cc(F)cc(F)c2N)cc1. The van der Waals surface area contributed by atoms with Crippen LogP contribution in [0.5, 0.6) is 11.5 Å². The Bertz CT molecular complexity index is 538. The lowest BCUT2D eigenvalue weighted by Crippen LogP contribution is -1.97. The first kappa shape index (κ1) is 11.4. The molecule has 0 heterocycles. The molecule has 0 amide bonds. The fourth-order valence-electron chi connectivity index (χ4n) is 1.38. The van der Waals surface area contributed by atoms with E-state index in [1.54, 1.807) is 12.1 Å². The Morgan fingerprint density at radius 1 is 1.06 bits per heavy atom. The van der Waals surface area contributed by atoms with Crippen LogP contribution in [0.3, 0.4) is 0 Å². The summed E-state index contributed by atoms with van der Waals surface area (Å²) in [6, 6.07) is 8.85. The van der Waals surface area contributed by atoms with Gasteiger partial charge in [-0.05, 0) is 19.1 Å². The lowest BCUT2D eigenvalue weighted by atomic mass is 10.2. The van der Waals surface area contributed by atoms with Crippen molar-refractivity contribution in [1.29, 1.82) is 0 Å². The first-order valence-electron chi connectivity index (χ1n) is 5.05. The van der Waals surface area contributed by atoms with Crippen molar-refractivity contribution in [1.82, 2.24) is 0 Å². The molecule has 0 atom stereocenters. The number of ether oxygens (including phenoxy) is 1. The molecule has 2 aromatic rings. The van der Waals surface area contributed by atoms with Crippen molar-refractivity contribution >= 4 is 5.69 Å². The van der Waals surface area contributed by atoms with E-state index in [1.165, 1.54) is 0 Å². The predicted octanol–water partition coefficient (Wildman–Crippen LogP) is 3.65. The highest BCUT2D eigenvalue weighted by Gasteiger charge is 2.10.